The molecule has 27 heavy (non-hydrogen) atoms. The van der Waals surface area contributed by atoms with Crippen molar-refractivity contribution in [2.45, 2.75) is 39.8 Å². The van der Waals surface area contributed by atoms with E-state index in [1.165, 1.54) is 6.92 Å². The quantitative estimate of drug-likeness (QED) is 0.548. The summed E-state index contributed by atoms with van der Waals surface area (Å²) in [4.78, 5) is 15.7. The van der Waals surface area contributed by atoms with Gasteiger partial charge in [0.05, 0.1) is 0 Å². The number of nitrogen functional groups attached to an aromatic ring is 1. The van der Waals surface area contributed by atoms with E-state index in [1.807, 2.05) is 25.7 Å². The number of ether oxygens (including phenoxy) is 1. The molecular weight excluding hydrogens is 385 g/mol. The predicted octanol–water partition coefficient (Wildman–Crippen LogP) is -0.312. The zero-order valence-electron chi connectivity index (χ0n) is 16.7. The van der Waals surface area contributed by atoms with Crippen LogP contribution in [0, 0.1) is 6.92 Å². The Kier molecular flexibility index (Phi) is 8.71. The number of amides is 1. The van der Waals surface area contributed by atoms with E-state index in [2.05, 4.69) is 0 Å². The Morgan fingerprint density at radius 3 is 2.22 bits per heavy atom. The Bertz CT molecular complexity index is 673. The maximum Gasteiger partial charge on any atom is 1.00 e. The van der Waals surface area contributed by atoms with Crippen molar-refractivity contribution >= 4 is 24.2 Å². The molecule has 5 nitrogen and oxygen atoms in total. The number of halogens is 3. The zero-order chi connectivity index (χ0) is 19.7. The van der Waals surface area contributed by atoms with Gasteiger partial charge in [-0.05, 0) is 39.3 Å². The van der Waals surface area contributed by atoms with Crippen LogP contribution in [0.1, 0.15) is 31.9 Å². The Balaban J connectivity index is 0.00000364. The molecule has 0 unspecified atom stereocenters. The molecule has 1 aliphatic heterocycles. The third-order valence-electron chi connectivity index (χ3n) is 4.35. The largest absolute Gasteiger partial charge is 1.00 e. The summed E-state index contributed by atoms with van der Waals surface area (Å²) < 4.78 is 44.9. The van der Waals surface area contributed by atoms with Gasteiger partial charge in [-0.3, -0.25) is 4.90 Å². The Morgan fingerprint density at radius 1 is 1.19 bits per heavy atom. The first-order chi connectivity index (χ1) is 11.9. The van der Waals surface area contributed by atoms with Gasteiger partial charge in [-0.1, -0.05) is 11.6 Å². The van der Waals surface area contributed by atoms with Crippen molar-refractivity contribution in [3.05, 3.63) is 23.3 Å². The molecule has 1 aliphatic rings. The van der Waals surface area contributed by atoms with Crippen LogP contribution in [0.5, 0.6) is 0 Å². The van der Waals surface area contributed by atoms with Crippen molar-refractivity contribution < 1.29 is 73.9 Å². The van der Waals surface area contributed by atoms with Crippen LogP contribution in [-0.4, -0.2) is 54.7 Å². The first-order valence-electron chi connectivity index (χ1n) is 8.66. The molecule has 0 atom stereocenters. The number of benzene rings is 1. The smallest absolute Gasteiger partial charge is 0.445 e. The summed E-state index contributed by atoms with van der Waals surface area (Å²) >= 11 is 0. The molecule has 1 amide bonds. The first-order valence-corrected chi connectivity index (χ1v) is 8.66. The van der Waals surface area contributed by atoms with Gasteiger partial charge >= 0.3 is 64.5 Å². The fraction of sp³-hybridized carbons (Fsp3) is 0.588. The molecule has 1 fully saturated rings. The van der Waals surface area contributed by atoms with E-state index in [1.54, 1.807) is 11.0 Å². The summed E-state index contributed by atoms with van der Waals surface area (Å²) in [5.74, 6) is 0. The first kappa shape index (κ1) is 24.8. The second-order valence-corrected chi connectivity index (χ2v) is 7.71. The average Bonchev–Trinajstić information content (AvgIpc) is 2.48. The Morgan fingerprint density at radius 2 is 1.74 bits per heavy atom. The molecule has 1 aromatic rings. The van der Waals surface area contributed by atoms with E-state index in [4.69, 9.17) is 10.5 Å². The predicted molar refractivity (Wildman–Crippen MR) is 97.4 cm³/mol. The summed E-state index contributed by atoms with van der Waals surface area (Å²) in [7, 11) is 0. The average molecular weight is 411 g/mol. The van der Waals surface area contributed by atoms with Gasteiger partial charge < -0.3 is 28.3 Å². The van der Waals surface area contributed by atoms with E-state index in [0.29, 0.717) is 38.3 Å². The molecule has 0 aliphatic carbocycles. The number of piperazine rings is 1. The maximum absolute atomic E-state index is 13.2. The van der Waals surface area contributed by atoms with E-state index in [-0.39, 0.29) is 68.7 Å². The molecule has 10 heteroatoms. The van der Waals surface area contributed by atoms with E-state index in [0.717, 1.165) is 6.07 Å². The summed E-state index contributed by atoms with van der Waals surface area (Å²) in [6.07, 6.45) is -0.362. The van der Waals surface area contributed by atoms with Crippen LogP contribution < -0.4 is 62.6 Å². The summed E-state index contributed by atoms with van der Waals surface area (Å²) in [6.45, 7) is 4.28. The fourth-order valence-electron chi connectivity index (χ4n) is 2.98. The normalized spacial score (nSPS) is 16.0. The van der Waals surface area contributed by atoms with Crippen molar-refractivity contribution in [2.24, 2.45) is 0 Å². The molecule has 0 radical (unpaired) electrons. The van der Waals surface area contributed by atoms with E-state index < -0.39 is 18.0 Å². The number of nitrogens with zero attached hydrogens (tertiary/aromatic N) is 2. The van der Waals surface area contributed by atoms with Crippen LogP contribution in [0.25, 0.3) is 0 Å². The Hall–Kier alpha value is -0.259. The van der Waals surface area contributed by atoms with Crippen LogP contribution in [0.15, 0.2) is 12.1 Å². The van der Waals surface area contributed by atoms with Crippen molar-refractivity contribution in [2.75, 3.05) is 31.9 Å². The van der Waals surface area contributed by atoms with Gasteiger partial charge in [0.15, 0.2) is 0 Å². The van der Waals surface area contributed by atoms with Gasteiger partial charge in [-0.15, -0.1) is 5.46 Å². The van der Waals surface area contributed by atoms with Crippen molar-refractivity contribution in [3.8, 4) is 0 Å². The molecule has 0 saturated carbocycles. The van der Waals surface area contributed by atoms with Gasteiger partial charge in [-0.25, -0.2) is 4.79 Å². The minimum Gasteiger partial charge on any atom is -0.445 e. The van der Waals surface area contributed by atoms with Gasteiger partial charge in [0.25, 0.3) is 0 Å². The standard InChI is InChI=1S/C17H26BF3N3O2.K/c1-12-13(9-14(22)10-15(12)18(19,20)21)11-23-5-7-24(8-6-23)16(25)26-17(2,3)4;/h9-10H,5-8,11,22H2,1-4H3;/q-1;+1. The molecule has 2 rings (SSSR count). The molecule has 1 heterocycles. The SMILES string of the molecule is Cc1c(CN2CCN(C(=O)OC(C)(C)C)CC2)cc(N)cc1[B-](F)(F)F.[K+]. The molecule has 0 bridgehead atoms. The van der Waals surface area contributed by atoms with Crippen LogP contribution in [-0.2, 0) is 11.3 Å². The van der Waals surface area contributed by atoms with Gasteiger partial charge in [0.2, 0.25) is 0 Å². The summed E-state index contributed by atoms with van der Waals surface area (Å²) in [5, 5.41) is 0. The monoisotopic (exact) mass is 411 g/mol. The Labute approximate surface area is 201 Å². The van der Waals surface area contributed by atoms with E-state index >= 15 is 0 Å². The summed E-state index contributed by atoms with van der Waals surface area (Å²) in [6, 6.07) is 2.60. The topological polar surface area (TPSA) is 58.8 Å². The third kappa shape index (κ3) is 7.25. The molecule has 0 spiro atoms. The zero-order valence-corrected chi connectivity index (χ0v) is 19.8. The number of anilines is 1. The van der Waals surface area contributed by atoms with Crippen LogP contribution >= 0.6 is 0 Å². The van der Waals surface area contributed by atoms with Gasteiger partial charge in [-0.2, -0.15) is 0 Å². The second kappa shape index (κ2) is 9.49. The molecule has 0 aromatic heterocycles. The minimum absolute atomic E-state index is 0. The van der Waals surface area contributed by atoms with Crippen LogP contribution in [0.4, 0.5) is 23.4 Å². The molecule has 1 aromatic carbocycles. The minimum atomic E-state index is -5.10. The molecular formula is C17H26BF3KN3O2. The number of nitrogens with two attached hydrogens (primary N) is 1. The second-order valence-electron chi connectivity index (χ2n) is 7.71. The maximum atomic E-state index is 13.2. The number of hydrogen-bond donors (Lipinski definition) is 1. The number of hydrogen-bond acceptors (Lipinski definition) is 4. The number of carbonyl (C=O) groups is 1. The van der Waals surface area contributed by atoms with Gasteiger partial charge in [0, 0.05) is 38.4 Å². The molecule has 146 valence electrons. The van der Waals surface area contributed by atoms with Crippen molar-refractivity contribution in [1.82, 2.24) is 9.80 Å². The van der Waals surface area contributed by atoms with E-state index in [9.17, 15) is 17.7 Å². The summed E-state index contributed by atoms with van der Waals surface area (Å²) in [5.41, 5.74) is 5.40. The fourth-order valence-corrected chi connectivity index (χ4v) is 2.98. The van der Waals surface area contributed by atoms with Crippen LogP contribution in [0.2, 0.25) is 0 Å². The van der Waals surface area contributed by atoms with Crippen molar-refractivity contribution in [1.29, 1.82) is 0 Å². The number of carbonyl (C=O) groups excluding carboxylic acids is 1. The third-order valence-corrected chi connectivity index (χ3v) is 4.35. The number of rotatable bonds is 3. The van der Waals surface area contributed by atoms with Crippen molar-refractivity contribution in [3.63, 3.8) is 0 Å². The molecule has 1 saturated heterocycles. The molecule has 2 N–H and O–H groups in total. The van der Waals surface area contributed by atoms with Crippen LogP contribution in [0.3, 0.4) is 0 Å². The van der Waals surface area contributed by atoms with Gasteiger partial charge in [0.1, 0.15) is 5.60 Å².